The van der Waals surface area contributed by atoms with Gasteiger partial charge in [0.15, 0.2) is 5.79 Å². The number of urea groups is 1. The maximum Gasteiger partial charge on any atom is 0.323 e. The molecule has 2 heterocycles. The number of amides is 16. The number of likely N-dealkylation sites (tertiary alicyclic amines) is 1. The average Bonchev–Trinajstić information content (AvgIpc) is 1.01. The number of thioether (sulfide) groups is 1. The molecule has 0 bridgehead atoms. The van der Waals surface area contributed by atoms with Crippen LogP contribution in [0, 0.1) is 18.8 Å². The molecule has 2 aromatic carbocycles. The zero-order chi connectivity index (χ0) is 96.8. The van der Waals surface area contributed by atoms with Gasteiger partial charge in [-0.3, -0.25) is 90.9 Å². The summed E-state index contributed by atoms with van der Waals surface area (Å²) in [5.41, 5.74) is 13.6. The SMILES string of the molecule is Cc1ccccc1NC(=O)Nc1ccc(CC(=O)N[C@@H](CCCCNC(=O)/C=C/c2cccnc2)C(=O)N[C@@H](CCCC(=O)O)C(=O)NC2(C(=O)NCCOCCOCCNC(=O)CCC(=O)NCCOCCOCCNC(=O)CCC(=O)N[C@@H](CCCCNC(=O)[C@H](N)CSC3CC(=O)N(CC4CCC(C(=O)NCCCC(C)(O)O[PH](=O)O)CC4)C3=O)C(N)=O)CCCCC2)cc1. The second-order valence-corrected chi connectivity index (χ2v) is 34.9. The van der Waals surface area contributed by atoms with Crippen molar-refractivity contribution in [1.29, 1.82) is 0 Å². The van der Waals surface area contributed by atoms with Gasteiger partial charge in [-0.25, -0.2) is 4.79 Å². The van der Waals surface area contributed by atoms with E-state index in [2.05, 4.69) is 78.6 Å². The summed E-state index contributed by atoms with van der Waals surface area (Å²) in [5.74, 6) is -9.68. The summed E-state index contributed by atoms with van der Waals surface area (Å²) in [6.45, 7) is 5.74. The minimum atomic E-state index is -3.33. The molecule has 2 aliphatic carbocycles. The van der Waals surface area contributed by atoms with E-state index in [0.717, 1.165) is 29.3 Å². The summed E-state index contributed by atoms with van der Waals surface area (Å²) < 4.78 is 37.7. The number of carbonyl (C=O) groups is 16. The molecule has 0 spiro atoms. The van der Waals surface area contributed by atoms with Crippen LogP contribution in [-0.4, -0.2) is 271 Å². The number of carbonyl (C=O) groups excluding carboxylic acids is 15. The number of nitrogens with one attached hydrogen (secondary N) is 13. The molecule has 3 aliphatic rings. The van der Waals surface area contributed by atoms with Gasteiger partial charge >= 0.3 is 20.3 Å². The van der Waals surface area contributed by atoms with Crippen molar-refractivity contribution in [2.45, 2.75) is 222 Å². The molecule has 6 rings (SSSR count). The van der Waals surface area contributed by atoms with E-state index in [1.807, 2.05) is 19.1 Å². The van der Waals surface area contributed by atoms with Crippen molar-refractivity contribution < 1.29 is 120 Å². The Morgan fingerprint density at radius 3 is 1.76 bits per heavy atom. The third-order valence-corrected chi connectivity index (χ3v) is 24.0. The Bertz CT molecular complexity index is 4320. The third-order valence-electron chi connectivity index (χ3n) is 22.1. The number of pyridine rings is 1. The fourth-order valence-electron chi connectivity index (χ4n) is 14.8. The van der Waals surface area contributed by atoms with E-state index >= 15 is 0 Å². The lowest BCUT2D eigenvalue weighted by atomic mass is 9.80. The first-order chi connectivity index (χ1) is 63.8. The number of hydrogen-bond acceptors (Lipinski definition) is 26. The van der Waals surface area contributed by atoms with E-state index in [1.54, 1.807) is 67.0 Å². The van der Waals surface area contributed by atoms with E-state index in [4.69, 9.17) is 35.3 Å². The van der Waals surface area contributed by atoms with Crippen LogP contribution in [0.15, 0.2) is 79.1 Å². The van der Waals surface area contributed by atoms with Crippen molar-refractivity contribution in [3.8, 4) is 0 Å². The van der Waals surface area contributed by atoms with E-state index in [1.165, 1.54) is 17.9 Å². The van der Waals surface area contributed by atoms with Gasteiger partial charge < -0.3 is 115 Å². The molecule has 1 aromatic heterocycles. The van der Waals surface area contributed by atoms with Gasteiger partial charge in [-0.2, -0.15) is 0 Å². The highest BCUT2D eigenvalue weighted by molar-refractivity contribution is 8.00. The largest absolute Gasteiger partial charge is 0.481 e. The number of rotatable bonds is 65. The van der Waals surface area contributed by atoms with Crippen LogP contribution in [0.3, 0.4) is 0 Å². The van der Waals surface area contributed by atoms with E-state index in [0.29, 0.717) is 87.6 Å². The molecule has 736 valence electrons. The molecule has 2 saturated carbocycles. The second kappa shape index (κ2) is 61.8. The van der Waals surface area contributed by atoms with Crippen LogP contribution in [0.5, 0.6) is 0 Å². The number of benzene rings is 2. The van der Waals surface area contributed by atoms with Gasteiger partial charge in [-0.05, 0) is 163 Å². The molecule has 42 nitrogen and oxygen atoms in total. The Kier molecular flexibility index (Phi) is 51.5. The van der Waals surface area contributed by atoms with E-state index in [9.17, 15) is 91.5 Å². The van der Waals surface area contributed by atoms with Gasteiger partial charge in [0.05, 0.1) is 70.6 Å². The maximum atomic E-state index is 14.4. The van der Waals surface area contributed by atoms with Crippen LogP contribution < -0.4 is 80.6 Å². The number of hydrogen-bond donors (Lipinski definition) is 18. The molecule has 3 fully saturated rings. The minimum absolute atomic E-state index is 0.0173. The molecule has 1 saturated heterocycles. The van der Waals surface area contributed by atoms with Crippen LogP contribution in [0.2, 0.25) is 0 Å². The highest BCUT2D eigenvalue weighted by Crippen LogP contribution is 2.34. The van der Waals surface area contributed by atoms with Crippen molar-refractivity contribution in [3.63, 3.8) is 0 Å². The second-order valence-electron chi connectivity index (χ2n) is 33.0. The molecule has 3 unspecified atom stereocenters. The number of imide groups is 1. The zero-order valence-corrected chi connectivity index (χ0v) is 77.6. The van der Waals surface area contributed by atoms with Gasteiger partial charge in [0.25, 0.3) is 0 Å². The molecule has 44 heteroatoms. The minimum Gasteiger partial charge on any atom is -0.481 e. The van der Waals surface area contributed by atoms with Crippen molar-refractivity contribution in [2.24, 2.45) is 23.3 Å². The number of aliphatic carboxylic acids is 1. The number of para-hydroxylation sites is 1. The number of carboxylic acid groups (broad SMARTS) is 1. The van der Waals surface area contributed by atoms with E-state index < -0.39 is 108 Å². The van der Waals surface area contributed by atoms with Gasteiger partial charge in [0, 0.05) is 139 Å². The van der Waals surface area contributed by atoms with Crippen LogP contribution in [0.4, 0.5) is 16.2 Å². The number of primary amides is 1. The van der Waals surface area contributed by atoms with Gasteiger partial charge in [-0.1, -0.05) is 55.7 Å². The molecular formula is C89H134N17O25PS. The first-order valence-corrected chi connectivity index (χ1v) is 47.7. The van der Waals surface area contributed by atoms with E-state index in [-0.39, 0.29) is 248 Å². The summed E-state index contributed by atoms with van der Waals surface area (Å²) in [5, 5.41) is 54.7. The number of unbranched alkanes of at least 4 members (excludes halogenated alkanes) is 2. The number of carboxylic acids is 1. The number of ether oxygens (including phenoxy) is 4. The topological polar surface area (TPSA) is 622 Å². The summed E-state index contributed by atoms with van der Waals surface area (Å²) in [7, 11) is -3.33. The molecule has 20 N–H and O–H groups in total. The van der Waals surface area contributed by atoms with Gasteiger partial charge in [-0.15, -0.1) is 11.8 Å². The zero-order valence-electron chi connectivity index (χ0n) is 75.8. The van der Waals surface area contributed by atoms with Crippen LogP contribution in [0.1, 0.15) is 184 Å². The maximum absolute atomic E-state index is 14.4. The summed E-state index contributed by atoms with van der Waals surface area (Å²) in [4.78, 5) is 222. The Balaban J connectivity index is 0.761. The molecule has 3 aromatic rings. The van der Waals surface area contributed by atoms with Crippen LogP contribution in [0.25, 0.3) is 6.08 Å². The van der Waals surface area contributed by atoms with Crippen LogP contribution in [-0.2, 0) is 106 Å². The average molecular weight is 1910 g/mol. The lowest BCUT2D eigenvalue weighted by Gasteiger charge is -2.38. The fourth-order valence-corrected chi connectivity index (χ4v) is 16.4. The molecule has 16 amide bonds. The Morgan fingerprint density at radius 2 is 1.17 bits per heavy atom. The Labute approximate surface area is 778 Å². The van der Waals surface area contributed by atoms with Crippen molar-refractivity contribution in [3.05, 3.63) is 95.8 Å². The highest BCUT2D eigenvalue weighted by Gasteiger charge is 2.44. The monoisotopic (exact) mass is 1900 g/mol. The lowest BCUT2D eigenvalue weighted by Crippen LogP contribution is -2.63. The number of aryl methyl sites for hydroxylation is 1. The first-order valence-electron chi connectivity index (χ1n) is 45.4. The third kappa shape index (κ3) is 45.6. The fraction of sp³-hybridized carbons (Fsp3) is 0.607. The predicted molar refractivity (Wildman–Crippen MR) is 491 cm³/mol. The van der Waals surface area contributed by atoms with Gasteiger partial charge in [0.1, 0.15) is 23.7 Å². The standard InChI is InChI=1S/C89H134N17O25PS/c1-60-15-4-5-17-67(60)104-87(123)100-65-29-24-61(25-30-65)55-77(112)102-69(19-7-10-40-93-72(107)31-26-62-16-13-39-92-57-62)83(119)103-70(20-12-21-79(114)115)84(120)105-89(37-8-3-9-38-89)86(122)99-46-50-130-54-53-129-48-44-95-74(109)33-32-73(108)94-43-47-127-51-52-128-49-45-96-75(110)34-35-76(111)101-68(80(91)116)18-6-11-41-98-82(118)66(90)59-133-71-56-78(113)106(85(71)121)58-63-22-27-64(28-23-63)81(117)97-42-14-36-88(2,124)131-132(125)126/h4-5,13,15-17,24-26,29-31,39,57,63-64,66,68-71,124,132H,3,6-12,14,18-23,27-28,32-38,40-56,58-59,90H2,1-2H3,(H2,91,116)(H,93,107)(H,94,108)(H,95,109)(H,96,110)(H,97,117)(H,98,118)(H,99,122)(H,101,111)(H,102,112)(H,103,119)(H,105,120)(H,114,115)(H,125,126)(H2,100,104,123)/b31-26+/t63?,64?,66-,68+,69+,70+,71?,88?/m1/s1. The molecular weight excluding hydrogens is 1770 g/mol. The lowest BCUT2D eigenvalue weighted by molar-refractivity contribution is -0.140. The Morgan fingerprint density at radius 1 is 0.609 bits per heavy atom. The van der Waals surface area contributed by atoms with Crippen LogP contribution >= 0.6 is 20.0 Å². The number of aliphatic hydroxyl groups is 1. The Hall–Kier alpha value is -10.9. The van der Waals surface area contributed by atoms with Gasteiger partial charge in [0.2, 0.25) is 82.7 Å². The molecule has 7 atom stereocenters. The summed E-state index contributed by atoms with van der Waals surface area (Å²) >= 11 is 1.13. The van der Waals surface area contributed by atoms with Crippen molar-refractivity contribution >= 4 is 132 Å². The highest BCUT2D eigenvalue weighted by atomic mass is 32.2. The molecule has 0 radical (unpaired) electrons. The quantitative estimate of drug-likeness (QED) is 0.0126. The van der Waals surface area contributed by atoms with Crippen molar-refractivity contribution in [2.75, 3.05) is 122 Å². The molecule has 1 aliphatic heterocycles. The summed E-state index contributed by atoms with van der Waals surface area (Å²) in [6.07, 6.45) is 12.1. The predicted octanol–water partition coefficient (Wildman–Crippen LogP) is 1.97. The number of aromatic nitrogens is 1. The van der Waals surface area contributed by atoms with Crippen molar-refractivity contribution in [1.82, 2.24) is 68.4 Å². The first kappa shape index (κ1) is 111. The number of nitrogens with zero attached hydrogens (tertiary/aromatic N) is 2. The number of nitrogens with two attached hydrogens (primary N) is 2. The summed E-state index contributed by atoms with van der Waals surface area (Å²) in [6, 6.07) is 12.4. The molecule has 133 heavy (non-hydrogen) atoms. The normalized spacial score (nSPS) is 16.8. The smallest absolute Gasteiger partial charge is 0.323 e. The number of anilines is 2.